The highest BCUT2D eigenvalue weighted by molar-refractivity contribution is 7.91. The molecule has 2 aliphatic carbocycles. The van der Waals surface area contributed by atoms with Crippen LogP contribution < -0.4 is 24.8 Å². The number of aryl methyl sites for hydroxylation is 1. The monoisotopic (exact) mass is 823 g/mol. The number of halogens is 3. The number of rotatable bonds is 15. The van der Waals surface area contributed by atoms with E-state index in [1.165, 1.54) is 6.92 Å². The van der Waals surface area contributed by atoms with E-state index in [9.17, 15) is 40.8 Å². The third-order valence-corrected chi connectivity index (χ3v) is 13.0. The van der Waals surface area contributed by atoms with Crippen LogP contribution in [-0.4, -0.2) is 95.5 Å². The predicted octanol–water partition coefficient (Wildman–Crippen LogP) is 5.22. The maximum Gasteiger partial charge on any atom is 0.427 e. The molecule has 1 saturated heterocycles. The van der Waals surface area contributed by atoms with E-state index in [-0.39, 0.29) is 25.3 Å². The van der Waals surface area contributed by atoms with Crippen molar-refractivity contribution in [1.82, 2.24) is 25.2 Å². The van der Waals surface area contributed by atoms with E-state index in [0.717, 1.165) is 15.8 Å². The SMILES string of the molecule is C/C=C\[C@@H]1C[C@]1(NC(=O)[C@@H]1C[C@@H](Oc2nc(OCCC)cc3c(C)cccc23)CN1C(=O)[C@@H](NC(=O)OC(C)(C)C(F)(F)F)C(C)C)C(=O)NS(=O)(=O)C1(C)CC1. The van der Waals surface area contributed by atoms with Crippen LogP contribution in [0.3, 0.4) is 0 Å². The molecule has 5 atom stereocenters. The number of fused-ring (bicyclic) bond motifs is 1. The van der Waals surface area contributed by atoms with E-state index in [0.29, 0.717) is 51.0 Å². The van der Waals surface area contributed by atoms with Crippen LogP contribution in [-0.2, 0) is 29.1 Å². The number of alkyl halides is 3. The minimum absolute atomic E-state index is 0.0819. The summed E-state index contributed by atoms with van der Waals surface area (Å²) in [6, 6.07) is 4.53. The number of hydrogen-bond donors (Lipinski definition) is 3. The summed E-state index contributed by atoms with van der Waals surface area (Å²) < 4.78 is 84.9. The molecule has 1 aromatic carbocycles. The molecule has 3 N–H and O–H groups in total. The first-order valence-corrected chi connectivity index (χ1v) is 20.6. The number of amides is 4. The molecule has 57 heavy (non-hydrogen) atoms. The first-order valence-electron chi connectivity index (χ1n) is 19.1. The lowest BCUT2D eigenvalue weighted by molar-refractivity contribution is -0.244. The van der Waals surface area contributed by atoms with Crippen molar-refractivity contribution in [3.05, 3.63) is 42.0 Å². The van der Waals surface area contributed by atoms with Gasteiger partial charge < -0.3 is 29.7 Å². The van der Waals surface area contributed by atoms with Gasteiger partial charge in [0.2, 0.25) is 39.2 Å². The average molecular weight is 824 g/mol. The summed E-state index contributed by atoms with van der Waals surface area (Å²) in [7, 11) is -4.07. The molecule has 0 spiro atoms. The van der Waals surface area contributed by atoms with Crippen molar-refractivity contribution < 1.29 is 55.0 Å². The number of nitrogens with zero attached hydrogens (tertiary/aromatic N) is 2. The largest absolute Gasteiger partial charge is 0.478 e. The Morgan fingerprint density at radius 2 is 1.81 bits per heavy atom. The second-order valence-electron chi connectivity index (χ2n) is 16.2. The minimum Gasteiger partial charge on any atom is -0.478 e. The van der Waals surface area contributed by atoms with Crippen molar-refractivity contribution in [2.24, 2.45) is 11.8 Å². The highest BCUT2D eigenvalue weighted by Crippen LogP contribution is 2.47. The second kappa shape index (κ2) is 16.0. The van der Waals surface area contributed by atoms with E-state index >= 15 is 0 Å². The fourth-order valence-electron chi connectivity index (χ4n) is 6.71. The van der Waals surface area contributed by atoms with Crippen molar-refractivity contribution in [1.29, 1.82) is 0 Å². The van der Waals surface area contributed by atoms with E-state index in [4.69, 9.17) is 14.2 Å². The Morgan fingerprint density at radius 3 is 2.40 bits per heavy atom. The van der Waals surface area contributed by atoms with Gasteiger partial charge in [0.1, 0.15) is 23.7 Å². The van der Waals surface area contributed by atoms with Crippen molar-refractivity contribution in [2.45, 2.75) is 128 Å². The number of ether oxygens (including phenoxy) is 3. The van der Waals surface area contributed by atoms with Crippen LogP contribution in [0.15, 0.2) is 36.4 Å². The summed E-state index contributed by atoms with van der Waals surface area (Å²) in [5, 5.41) is 6.43. The molecular weight excluding hydrogens is 772 g/mol. The summed E-state index contributed by atoms with van der Waals surface area (Å²) in [5.74, 6) is -3.33. The molecule has 1 aromatic heterocycles. The van der Waals surface area contributed by atoms with Gasteiger partial charge in [-0.3, -0.25) is 19.1 Å². The standard InChI is InChI=1S/C39H52F3N5O9S/c1-9-12-24-20-38(24,34(50)46-57(52,53)37(8)15-16-37)45-31(48)28-18-25(55-32-26-14-11-13-23(5)27(26)19-29(43-32)54-17-10-2)21-47(28)33(49)30(22(3)4)44-35(51)56-36(6,7)39(40,41)42/h9,11-14,19,22,24-25,28,30H,10,15-18,20-21H2,1-8H3,(H,44,51)(H,45,48)(H,46,50)/b12-9-/t24-,25-,28+,30+,38-/m1/s1. The maximum absolute atomic E-state index is 14.4. The Balaban J connectivity index is 1.48. The highest BCUT2D eigenvalue weighted by Gasteiger charge is 2.63. The van der Waals surface area contributed by atoms with Gasteiger partial charge in [-0.1, -0.05) is 45.1 Å². The number of aromatic nitrogens is 1. The normalized spacial score (nSPS) is 23.6. The van der Waals surface area contributed by atoms with Gasteiger partial charge in [0.25, 0.3) is 5.91 Å². The third-order valence-electron chi connectivity index (χ3n) is 10.9. The summed E-state index contributed by atoms with van der Waals surface area (Å²) in [6.45, 7) is 11.7. The third kappa shape index (κ3) is 9.10. The molecule has 2 aromatic rings. The number of nitrogens with one attached hydrogen (secondary N) is 3. The number of carbonyl (C=O) groups is 4. The van der Waals surface area contributed by atoms with Crippen molar-refractivity contribution in [3.63, 3.8) is 0 Å². The van der Waals surface area contributed by atoms with Crippen LogP contribution in [0.25, 0.3) is 10.8 Å². The molecule has 14 nitrogen and oxygen atoms in total. The molecule has 18 heteroatoms. The second-order valence-corrected chi connectivity index (χ2v) is 18.4. The Bertz CT molecular complexity index is 2040. The molecule has 314 valence electrons. The lowest BCUT2D eigenvalue weighted by atomic mass is 10.0. The van der Waals surface area contributed by atoms with Crippen LogP contribution >= 0.6 is 0 Å². The zero-order chi connectivity index (χ0) is 42.3. The molecule has 0 radical (unpaired) electrons. The molecule has 0 bridgehead atoms. The fraction of sp³-hybridized carbons (Fsp3) is 0.615. The number of likely N-dealkylation sites (tertiary alicyclic amines) is 1. The van der Waals surface area contributed by atoms with E-state index in [1.54, 1.807) is 45.1 Å². The Labute approximate surface area is 330 Å². The molecule has 1 aliphatic heterocycles. The number of pyridine rings is 1. The summed E-state index contributed by atoms with van der Waals surface area (Å²) in [5.41, 5.74) is -3.62. The van der Waals surface area contributed by atoms with Gasteiger partial charge in [-0.2, -0.15) is 18.2 Å². The first kappa shape index (κ1) is 43.5. The zero-order valence-corrected chi connectivity index (χ0v) is 34.2. The number of carbonyl (C=O) groups excluding carboxylic acids is 4. The number of allylic oxidation sites excluding steroid dienone is 1. The molecule has 4 amide bonds. The van der Waals surface area contributed by atoms with Crippen molar-refractivity contribution >= 4 is 44.6 Å². The molecule has 2 heterocycles. The zero-order valence-electron chi connectivity index (χ0n) is 33.4. The van der Waals surface area contributed by atoms with E-state index in [2.05, 4.69) is 20.3 Å². The number of alkyl carbamates (subject to hydrolysis) is 1. The van der Waals surface area contributed by atoms with Crippen molar-refractivity contribution in [2.75, 3.05) is 13.2 Å². The summed E-state index contributed by atoms with van der Waals surface area (Å²) in [4.78, 5) is 61.1. The molecule has 5 rings (SSSR count). The number of sulfonamides is 1. The van der Waals surface area contributed by atoms with Crippen LogP contribution in [0.4, 0.5) is 18.0 Å². The van der Waals surface area contributed by atoms with Gasteiger partial charge in [-0.05, 0) is 83.2 Å². The molecule has 3 aliphatic rings. The Morgan fingerprint density at radius 1 is 1.12 bits per heavy atom. The number of hydrogen-bond acceptors (Lipinski definition) is 10. The van der Waals surface area contributed by atoms with Crippen LogP contribution in [0.5, 0.6) is 11.8 Å². The van der Waals surface area contributed by atoms with E-state index in [1.807, 2.05) is 26.0 Å². The summed E-state index contributed by atoms with van der Waals surface area (Å²) >= 11 is 0. The number of benzene rings is 1. The van der Waals surface area contributed by atoms with Gasteiger partial charge in [0.15, 0.2) is 0 Å². The fourth-order valence-corrected chi connectivity index (χ4v) is 8.03. The van der Waals surface area contributed by atoms with Crippen LogP contribution in [0, 0.1) is 18.8 Å². The lowest BCUT2D eigenvalue weighted by Crippen LogP contribution is -2.59. The Kier molecular flexibility index (Phi) is 12.2. The van der Waals surface area contributed by atoms with Crippen LogP contribution in [0.1, 0.15) is 86.1 Å². The van der Waals surface area contributed by atoms with Crippen LogP contribution in [0.2, 0.25) is 0 Å². The van der Waals surface area contributed by atoms with Gasteiger partial charge >= 0.3 is 12.3 Å². The van der Waals surface area contributed by atoms with Crippen molar-refractivity contribution in [3.8, 4) is 11.8 Å². The van der Waals surface area contributed by atoms with Gasteiger partial charge in [0, 0.05) is 23.8 Å². The lowest BCUT2D eigenvalue weighted by Gasteiger charge is -2.32. The topological polar surface area (TPSA) is 182 Å². The summed E-state index contributed by atoms with van der Waals surface area (Å²) in [6.07, 6.45) is -2.55. The quantitative estimate of drug-likeness (QED) is 0.202. The molecule has 0 unspecified atom stereocenters. The van der Waals surface area contributed by atoms with Gasteiger partial charge in [-0.15, -0.1) is 0 Å². The molecule has 2 saturated carbocycles. The van der Waals surface area contributed by atoms with Gasteiger partial charge in [-0.25, -0.2) is 13.2 Å². The average Bonchev–Trinajstić information content (AvgIpc) is 3.99. The smallest absolute Gasteiger partial charge is 0.427 e. The van der Waals surface area contributed by atoms with E-state index < -0.39 is 85.9 Å². The predicted molar refractivity (Wildman–Crippen MR) is 204 cm³/mol. The van der Waals surface area contributed by atoms with Gasteiger partial charge in [0.05, 0.1) is 17.9 Å². The first-order chi connectivity index (χ1) is 26.5. The highest BCUT2D eigenvalue weighted by atomic mass is 32.2. The molecule has 3 fully saturated rings. The Hall–Kier alpha value is -4.61. The molecular formula is C39H52F3N5O9S. The minimum atomic E-state index is -4.91. The maximum atomic E-state index is 14.4.